The van der Waals surface area contributed by atoms with Crippen molar-refractivity contribution in [2.75, 3.05) is 26.8 Å². The van der Waals surface area contributed by atoms with Crippen molar-refractivity contribution in [1.29, 1.82) is 0 Å². The van der Waals surface area contributed by atoms with Crippen LogP contribution in [0.1, 0.15) is 24.8 Å². The first-order valence-corrected chi connectivity index (χ1v) is 10.0. The number of aliphatic hydroxyl groups is 1. The standard InChI is InChI=1S/C19H26Cl2N2O4/c1-22-19(25)7-14-3-5-17-18(27-14)11-26-10-13(24)9-23(17)8-12-2-4-15(20)16(21)6-12/h2,4,6,13-14,17-18,24H,3,5,7-11H2,1H3,(H,22,25)/t13-,14-,17-,18+/m0/s1. The predicted molar refractivity (Wildman–Crippen MR) is 104 cm³/mol. The van der Waals surface area contributed by atoms with Crippen LogP contribution < -0.4 is 5.32 Å². The molecule has 3 rings (SSSR count). The Hall–Kier alpha value is -0.890. The second kappa shape index (κ2) is 9.54. The number of carbonyl (C=O) groups excluding carboxylic acids is 1. The van der Waals surface area contributed by atoms with Gasteiger partial charge >= 0.3 is 0 Å². The molecule has 1 aromatic rings. The molecule has 0 aliphatic carbocycles. The molecule has 6 nitrogen and oxygen atoms in total. The summed E-state index contributed by atoms with van der Waals surface area (Å²) in [4.78, 5) is 13.9. The number of hydrogen-bond acceptors (Lipinski definition) is 5. The largest absolute Gasteiger partial charge is 0.389 e. The molecule has 27 heavy (non-hydrogen) atoms. The summed E-state index contributed by atoms with van der Waals surface area (Å²) in [6, 6.07) is 5.70. The van der Waals surface area contributed by atoms with Crippen molar-refractivity contribution in [3.63, 3.8) is 0 Å². The number of fused-ring (bicyclic) bond motifs is 1. The number of halogens is 2. The SMILES string of the molecule is CNC(=O)C[C@@H]1CC[C@H]2[C@@H](COC[C@@H](O)CN2Cc2ccc(Cl)c(Cl)c2)O1. The summed E-state index contributed by atoms with van der Waals surface area (Å²) in [5.41, 5.74) is 1.03. The van der Waals surface area contributed by atoms with Crippen molar-refractivity contribution in [3.05, 3.63) is 33.8 Å². The van der Waals surface area contributed by atoms with Crippen LogP contribution in [-0.2, 0) is 20.8 Å². The number of rotatable bonds is 4. The normalized spacial score (nSPS) is 29.5. The third-order valence-corrected chi connectivity index (χ3v) is 5.89. The van der Waals surface area contributed by atoms with E-state index in [0.29, 0.717) is 36.2 Å². The Balaban J connectivity index is 1.73. The fourth-order valence-electron chi connectivity index (χ4n) is 3.81. The molecule has 1 aromatic carbocycles. The molecule has 4 atom stereocenters. The van der Waals surface area contributed by atoms with Gasteiger partial charge in [0.2, 0.25) is 5.91 Å². The molecule has 0 bridgehead atoms. The van der Waals surface area contributed by atoms with Gasteiger partial charge in [-0.15, -0.1) is 0 Å². The highest BCUT2D eigenvalue weighted by Crippen LogP contribution is 2.30. The Kier molecular flexibility index (Phi) is 7.36. The summed E-state index contributed by atoms with van der Waals surface area (Å²) < 4.78 is 11.8. The number of hydrogen-bond donors (Lipinski definition) is 2. The van der Waals surface area contributed by atoms with E-state index in [1.54, 1.807) is 13.1 Å². The number of nitrogens with zero attached hydrogens (tertiary/aromatic N) is 1. The lowest BCUT2D eigenvalue weighted by Gasteiger charge is -2.44. The summed E-state index contributed by atoms with van der Waals surface area (Å²) in [6.07, 6.45) is 1.23. The van der Waals surface area contributed by atoms with Crippen LogP contribution in [0.2, 0.25) is 10.0 Å². The van der Waals surface area contributed by atoms with Gasteiger partial charge in [0, 0.05) is 26.2 Å². The van der Waals surface area contributed by atoms with Gasteiger partial charge in [0.1, 0.15) is 0 Å². The highest BCUT2D eigenvalue weighted by molar-refractivity contribution is 6.42. The van der Waals surface area contributed by atoms with Crippen LogP contribution in [0.5, 0.6) is 0 Å². The van der Waals surface area contributed by atoms with E-state index in [1.807, 2.05) is 12.1 Å². The van der Waals surface area contributed by atoms with Crippen molar-refractivity contribution in [2.45, 2.75) is 50.2 Å². The minimum atomic E-state index is -0.558. The van der Waals surface area contributed by atoms with E-state index < -0.39 is 6.10 Å². The Labute approximate surface area is 169 Å². The fraction of sp³-hybridized carbons (Fsp3) is 0.632. The van der Waals surface area contributed by atoms with E-state index in [9.17, 15) is 9.90 Å². The van der Waals surface area contributed by atoms with Gasteiger partial charge in [-0.25, -0.2) is 0 Å². The predicted octanol–water partition coefficient (Wildman–Crippen LogP) is 2.24. The van der Waals surface area contributed by atoms with Crippen LogP contribution in [0.4, 0.5) is 0 Å². The quantitative estimate of drug-likeness (QED) is 0.787. The van der Waals surface area contributed by atoms with Crippen LogP contribution in [-0.4, -0.2) is 67.1 Å². The van der Waals surface area contributed by atoms with Gasteiger partial charge in [-0.1, -0.05) is 29.3 Å². The minimum absolute atomic E-state index is 0.0201. The molecule has 2 aliphatic rings. The maximum Gasteiger partial charge on any atom is 0.222 e. The van der Waals surface area contributed by atoms with Gasteiger partial charge in [0.15, 0.2) is 0 Å². The zero-order valence-corrected chi connectivity index (χ0v) is 16.9. The molecule has 2 heterocycles. The second-order valence-electron chi connectivity index (χ2n) is 7.19. The zero-order chi connectivity index (χ0) is 19.4. The smallest absolute Gasteiger partial charge is 0.222 e. The maximum atomic E-state index is 11.7. The van der Waals surface area contributed by atoms with E-state index in [0.717, 1.165) is 18.4 Å². The van der Waals surface area contributed by atoms with Crippen molar-refractivity contribution in [1.82, 2.24) is 10.2 Å². The lowest BCUT2D eigenvalue weighted by Crippen LogP contribution is -2.55. The summed E-state index contributed by atoms with van der Waals surface area (Å²) >= 11 is 12.2. The topological polar surface area (TPSA) is 71.0 Å². The number of benzene rings is 1. The van der Waals surface area contributed by atoms with Gasteiger partial charge in [-0.3, -0.25) is 9.69 Å². The van der Waals surface area contributed by atoms with Gasteiger partial charge in [0.25, 0.3) is 0 Å². The number of carbonyl (C=O) groups is 1. The third-order valence-electron chi connectivity index (χ3n) is 5.15. The Bertz CT molecular complexity index is 661. The first kappa shape index (κ1) is 20.8. The van der Waals surface area contributed by atoms with Gasteiger partial charge in [-0.2, -0.15) is 0 Å². The van der Waals surface area contributed by atoms with Crippen LogP contribution in [0.3, 0.4) is 0 Å². The zero-order valence-electron chi connectivity index (χ0n) is 15.4. The van der Waals surface area contributed by atoms with E-state index in [2.05, 4.69) is 10.2 Å². The van der Waals surface area contributed by atoms with Gasteiger partial charge < -0.3 is 19.9 Å². The molecule has 0 aromatic heterocycles. The molecular formula is C19H26Cl2N2O4. The molecule has 1 amide bonds. The summed E-state index contributed by atoms with van der Waals surface area (Å²) in [6.45, 7) is 1.80. The molecule has 8 heteroatoms. The number of aliphatic hydroxyl groups excluding tert-OH is 1. The third kappa shape index (κ3) is 5.56. The fourth-order valence-corrected chi connectivity index (χ4v) is 4.13. The molecule has 0 radical (unpaired) electrons. The summed E-state index contributed by atoms with van der Waals surface area (Å²) in [5.74, 6) is -0.0201. The van der Waals surface area contributed by atoms with Crippen molar-refractivity contribution in [3.8, 4) is 0 Å². The molecule has 0 spiro atoms. The van der Waals surface area contributed by atoms with Crippen LogP contribution in [0, 0.1) is 0 Å². The highest BCUT2D eigenvalue weighted by Gasteiger charge is 2.37. The number of β-amino-alcohol motifs (C(OH)–C–C–N with tert-alkyl or cyclic N) is 1. The molecule has 2 N–H and O–H groups in total. The molecule has 150 valence electrons. The van der Waals surface area contributed by atoms with E-state index in [-0.39, 0.29) is 30.8 Å². The average Bonchev–Trinajstić information content (AvgIpc) is 2.63. The highest BCUT2D eigenvalue weighted by atomic mass is 35.5. The van der Waals surface area contributed by atoms with Gasteiger partial charge in [-0.05, 0) is 30.5 Å². The Morgan fingerprint density at radius 1 is 1.30 bits per heavy atom. The monoisotopic (exact) mass is 416 g/mol. The van der Waals surface area contributed by atoms with Crippen LogP contribution in [0.25, 0.3) is 0 Å². The molecular weight excluding hydrogens is 391 g/mol. The molecule has 2 saturated heterocycles. The second-order valence-corrected chi connectivity index (χ2v) is 8.00. The lowest BCUT2D eigenvalue weighted by molar-refractivity contribution is -0.158. The number of amides is 1. The molecule has 0 saturated carbocycles. The number of ether oxygens (including phenoxy) is 2. The first-order chi connectivity index (χ1) is 13.0. The van der Waals surface area contributed by atoms with Crippen molar-refractivity contribution < 1.29 is 19.4 Å². The molecule has 0 unspecified atom stereocenters. The van der Waals surface area contributed by atoms with E-state index in [4.69, 9.17) is 32.7 Å². The summed E-state index contributed by atoms with van der Waals surface area (Å²) in [7, 11) is 1.63. The van der Waals surface area contributed by atoms with Crippen molar-refractivity contribution in [2.24, 2.45) is 0 Å². The Morgan fingerprint density at radius 2 is 2.11 bits per heavy atom. The summed E-state index contributed by atoms with van der Waals surface area (Å²) in [5, 5.41) is 13.9. The number of nitrogens with one attached hydrogen (secondary N) is 1. The molecule has 2 aliphatic heterocycles. The van der Waals surface area contributed by atoms with Crippen molar-refractivity contribution >= 4 is 29.1 Å². The first-order valence-electron chi connectivity index (χ1n) is 9.26. The average molecular weight is 417 g/mol. The van der Waals surface area contributed by atoms with E-state index in [1.165, 1.54) is 0 Å². The van der Waals surface area contributed by atoms with Gasteiger partial charge in [0.05, 0.1) is 48.0 Å². The Morgan fingerprint density at radius 3 is 2.85 bits per heavy atom. The van der Waals surface area contributed by atoms with E-state index >= 15 is 0 Å². The maximum absolute atomic E-state index is 11.7. The van der Waals surface area contributed by atoms with Crippen LogP contribution >= 0.6 is 23.2 Å². The van der Waals surface area contributed by atoms with Crippen LogP contribution in [0.15, 0.2) is 18.2 Å². The lowest BCUT2D eigenvalue weighted by atomic mass is 9.94. The molecule has 2 fully saturated rings. The minimum Gasteiger partial charge on any atom is -0.389 e.